The Bertz CT molecular complexity index is 451. The minimum absolute atomic E-state index is 0.0272. The number of carbonyl (C=O) groups is 1. The summed E-state index contributed by atoms with van der Waals surface area (Å²) >= 11 is 0. The SMILES string of the molecule is CC(C)OCCCCNC(=NCC(=O)N(C)C)NC1CC2CCC1C2. The van der Waals surface area contributed by atoms with Crippen molar-refractivity contribution in [3.8, 4) is 0 Å². The minimum Gasteiger partial charge on any atom is -0.379 e. The molecule has 3 atom stereocenters. The number of hydrogen-bond donors (Lipinski definition) is 2. The number of fused-ring (bicyclic) bond motifs is 2. The van der Waals surface area contributed by atoms with Crippen LogP contribution in [0, 0.1) is 11.8 Å². The lowest BCUT2D eigenvalue weighted by Gasteiger charge is -2.25. The first-order valence-electron chi connectivity index (χ1n) is 9.82. The molecule has 2 N–H and O–H groups in total. The minimum atomic E-state index is 0.0272. The summed E-state index contributed by atoms with van der Waals surface area (Å²) in [6, 6.07) is 0.517. The van der Waals surface area contributed by atoms with Gasteiger partial charge < -0.3 is 20.3 Å². The molecule has 0 heterocycles. The number of amides is 1. The number of carbonyl (C=O) groups excluding carboxylic acids is 1. The molecule has 2 rings (SSSR count). The van der Waals surface area contributed by atoms with Crippen molar-refractivity contribution in [2.75, 3.05) is 33.8 Å². The second-order valence-corrected chi connectivity index (χ2v) is 7.93. The van der Waals surface area contributed by atoms with Gasteiger partial charge in [-0.15, -0.1) is 0 Å². The van der Waals surface area contributed by atoms with E-state index >= 15 is 0 Å². The standard InChI is InChI=1S/C19H36N4O2/c1-14(2)25-10-6-5-9-20-19(21-13-18(24)23(3)4)22-17-12-15-7-8-16(17)11-15/h14-17H,5-13H2,1-4H3,(H2,20,21,22). The Morgan fingerprint density at radius 2 is 2.04 bits per heavy atom. The predicted molar refractivity (Wildman–Crippen MR) is 102 cm³/mol. The van der Waals surface area contributed by atoms with Crippen LogP contribution in [-0.2, 0) is 9.53 Å². The molecule has 0 aromatic rings. The maximum atomic E-state index is 11.8. The molecule has 144 valence electrons. The van der Waals surface area contributed by atoms with Crippen molar-refractivity contribution in [2.24, 2.45) is 16.8 Å². The molecule has 1 amide bonds. The van der Waals surface area contributed by atoms with Gasteiger partial charge in [0.15, 0.2) is 5.96 Å². The fourth-order valence-corrected chi connectivity index (χ4v) is 3.79. The summed E-state index contributed by atoms with van der Waals surface area (Å²) < 4.78 is 5.57. The van der Waals surface area contributed by atoms with Crippen LogP contribution in [0.2, 0.25) is 0 Å². The van der Waals surface area contributed by atoms with E-state index in [1.807, 2.05) is 0 Å². The van der Waals surface area contributed by atoms with E-state index in [4.69, 9.17) is 4.74 Å². The first-order chi connectivity index (χ1) is 12.0. The smallest absolute Gasteiger partial charge is 0.243 e. The van der Waals surface area contributed by atoms with E-state index in [1.54, 1.807) is 19.0 Å². The van der Waals surface area contributed by atoms with Gasteiger partial charge in [-0.1, -0.05) is 6.42 Å². The molecule has 2 aliphatic rings. The van der Waals surface area contributed by atoms with Crippen LogP contribution in [-0.4, -0.2) is 62.7 Å². The molecule has 0 aliphatic heterocycles. The fraction of sp³-hybridized carbons (Fsp3) is 0.895. The number of unbranched alkanes of at least 4 members (excludes halogenated alkanes) is 1. The molecule has 6 heteroatoms. The summed E-state index contributed by atoms with van der Waals surface area (Å²) in [5.74, 6) is 2.48. The molecule has 0 aromatic carbocycles. The third-order valence-electron chi connectivity index (χ3n) is 5.25. The number of hydrogen-bond acceptors (Lipinski definition) is 3. The van der Waals surface area contributed by atoms with Crippen molar-refractivity contribution < 1.29 is 9.53 Å². The van der Waals surface area contributed by atoms with E-state index in [0.29, 0.717) is 12.1 Å². The lowest BCUT2D eigenvalue weighted by molar-refractivity contribution is -0.127. The van der Waals surface area contributed by atoms with E-state index in [1.165, 1.54) is 25.7 Å². The number of nitrogens with one attached hydrogen (secondary N) is 2. The summed E-state index contributed by atoms with van der Waals surface area (Å²) in [5, 5.41) is 6.99. The van der Waals surface area contributed by atoms with E-state index in [9.17, 15) is 4.79 Å². The maximum Gasteiger partial charge on any atom is 0.243 e. The Hall–Kier alpha value is -1.30. The molecule has 6 nitrogen and oxygen atoms in total. The summed E-state index contributed by atoms with van der Waals surface area (Å²) in [6.07, 6.45) is 7.68. The highest BCUT2D eigenvalue weighted by Crippen LogP contribution is 2.44. The van der Waals surface area contributed by atoms with Gasteiger partial charge in [-0.3, -0.25) is 4.79 Å². The zero-order valence-electron chi connectivity index (χ0n) is 16.4. The van der Waals surface area contributed by atoms with Gasteiger partial charge in [0.25, 0.3) is 0 Å². The first kappa shape index (κ1) is 20.0. The van der Waals surface area contributed by atoms with Crippen LogP contribution in [0.4, 0.5) is 0 Å². The lowest BCUT2D eigenvalue weighted by Crippen LogP contribution is -2.46. The number of aliphatic imine (C=N–C) groups is 1. The van der Waals surface area contributed by atoms with Gasteiger partial charge in [-0.05, 0) is 57.8 Å². The van der Waals surface area contributed by atoms with Crippen LogP contribution in [0.1, 0.15) is 52.4 Å². The quantitative estimate of drug-likeness (QED) is 0.378. The monoisotopic (exact) mass is 352 g/mol. The highest BCUT2D eigenvalue weighted by atomic mass is 16.5. The molecule has 2 fully saturated rings. The Morgan fingerprint density at radius 1 is 1.24 bits per heavy atom. The van der Waals surface area contributed by atoms with Gasteiger partial charge in [0, 0.05) is 33.3 Å². The van der Waals surface area contributed by atoms with E-state index in [0.717, 1.165) is 43.8 Å². The molecule has 0 aromatic heterocycles. The van der Waals surface area contributed by atoms with Crippen molar-refractivity contribution in [3.05, 3.63) is 0 Å². The van der Waals surface area contributed by atoms with Crippen molar-refractivity contribution >= 4 is 11.9 Å². The third-order valence-corrected chi connectivity index (χ3v) is 5.25. The molecule has 0 spiro atoms. The second-order valence-electron chi connectivity index (χ2n) is 7.93. The number of nitrogens with zero attached hydrogens (tertiary/aromatic N) is 2. The largest absolute Gasteiger partial charge is 0.379 e. The predicted octanol–water partition coefficient (Wildman–Crippen LogP) is 2.00. The number of ether oxygens (including phenoxy) is 1. The Morgan fingerprint density at radius 3 is 2.64 bits per heavy atom. The molecular formula is C19H36N4O2. The zero-order valence-corrected chi connectivity index (χ0v) is 16.4. The van der Waals surface area contributed by atoms with Crippen molar-refractivity contribution in [3.63, 3.8) is 0 Å². The lowest BCUT2D eigenvalue weighted by atomic mass is 9.95. The second kappa shape index (κ2) is 10.00. The summed E-state index contributed by atoms with van der Waals surface area (Å²) in [4.78, 5) is 17.9. The average Bonchev–Trinajstić information content (AvgIpc) is 3.17. The number of guanidine groups is 1. The number of rotatable bonds is 9. The Balaban J connectivity index is 1.77. The average molecular weight is 353 g/mol. The van der Waals surface area contributed by atoms with Crippen molar-refractivity contribution in [1.29, 1.82) is 0 Å². The Kier molecular flexibility index (Phi) is 8.00. The van der Waals surface area contributed by atoms with Gasteiger partial charge in [-0.2, -0.15) is 0 Å². The van der Waals surface area contributed by atoms with Crippen molar-refractivity contribution in [1.82, 2.24) is 15.5 Å². The molecule has 0 saturated heterocycles. The highest BCUT2D eigenvalue weighted by molar-refractivity contribution is 5.85. The molecule has 25 heavy (non-hydrogen) atoms. The topological polar surface area (TPSA) is 66.0 Å². The van der Waals surface area contributed by atoms with Crippen molar-refractivity contribution in [2.45, 2.75) is 64.5 Å². The van der Waals surface area contributed by atoms with Crippen LogP contribution >= 0.6 is 0 Å². The van der Waals surface area contributed by atoms with Crippen LogP contribution in [0.15, 0.2) is 4.99 Å². The summed E-state index contributed by atoms with van der Waals surface area (Å²) in [5.41, 5.74) is 0. The molecule has 2 bridgehead atoms. The zero-order chi connectivity index (χ0) is 18.2. The van der Waals surface area contributed by atoms with Gasteiger partial charge >= 0.3 is 0 Å². The maximum absolute atomic E-state index is 11.8. The fourth-order valence-electron chi connectivity index (χ4n) is 3.79. The van der Waals surface area contributed by atoms with Gasteiger partial charge in [-0.25, -0.2) is 4.99 Å². The number of likely N-dealkylation sites (N-methyl/N-ethyl adjacent to an activating group) is 1. The van der Waals surface area contributed by atoms with Gasteiger partial charge in [0.1, 0.15) is 6.54 Å². The molecule has 3 unspecified atom stereocenters. The molecular weight excluding hydrogens is 316 g/mol. The summed E-state index contributed by atoms with van der Waals surface area (Å²) in [6.45, 7) is 5.96. The first-order valence-corrected chi connectivity index (χ1v) is 9.82. The van der Waals surface area contributed by atoms with Gasteiger partial charge in [0.05, 0.1) is 6.10 Å². The molecule has 2 saturated carbocycles. The third kappa shape index (κ3) is 6.84. The Labute approximate surface area is 152 Å². The van der Waals surface area contributed by atoms with Crippen LogP contribution in [0.25, 0.3) is 0 Å². The molecule has 2 aliphatic carbocycles. The van der Waals surface area contributed by atoms with Gasteiger partial charge in [0.2, 0.25) is 5.91 Å². The molecule has 0 radical (unpaired) electrons. The van der Waals surface area contributed by atoms with Crippen LogP contribution in [0.3, 0.4) is 0 Å². The van der Waals surface area contributed by atoms with Crippen LogP contribution in [0.5, 0.6) is 0 Å². The normalized spacial score (nSPS) is 25.5. The van der Waals surface area contributed by atoms with Crippen LogP contribution < -0.4 is 10.6 Å². The summed E-state index contributed by atoms with van der Waals surface area (Å²) in [7, 11) is 3.53. The highest BCUT2D eigenvalue weighted by Gasteiger charge is 2.39. The van der Waals surface area contributed by atoms with E-state index in [-0.39, 0.29) is 12.5 Å². The van der Waals surface area contributed by atoms with E-state index in [2.05, 4.69) is 29.5 Å². The van der Waals surface area contributed by atoms with E-state index < -0.39 is 0 Å².